The number of carbonyl (C=O) groups excluding carboxylic acids is 2. The third-order valence-electron chi connectivity index (χ3n) is 8.12. The van der Waals surface area contributed by atoms with Crippen LogP contribution < -0.4 is 0 Å². The van der Waals surface area contributed by atoms with E-state index in [0.29, 0.717) is 18.3 Å². The maximum atomic E-state index is 12.7. The second-order valence-electron chi connectivity index (χ2n) is 11.0. The molecule has 7 nitrogen and oxygen atoms in total. The molecule has 0 aromatic carbocycles. The normalized spacial score (nSPS) is 29.1. The highest BCUT2D eigenvalue weighted by molar-refractivity contribution is 5.88. The van der Waals surface area contributed by atoms with Crippen LogP contribution in [0.4, 0.5) is 0 Å². The van der Waals surface area contributed by atoms with E-state index in [0.717, 1.165) is 83.2 Å². The summed E-state index contributed by atoms with van der Waals surface area (Å²) in [6, 6.07) is 0. The van der Waals surface area contributed by atoms with Gasteiger partial charge in [0.25, 0.3) is 0 Å². The van der Waals surface area contributed by atoms with Crippen LogP contribution in [0.25, 0.3) is 0 Å². The Morgan fingerprint density at radius 2 is 1.30 bits per heavy atom. The molecule has 3 aliphatic rings. The fraction of sp³-hybridized carbons (Fsp3) is 0.800. The standard InChI is InChI=1S/C30H46O4.3H2O/c1-3-27(31)7-5-4-6-22-33-28-20-16-26(17-21-28)30(32)34-29-18-14-25(15-19-29)13-12-24-10-8-23(2)9-11-24;;;/h3,23-26,28-29H,1,4-11,14-22H2,2H3;3*1H2. The third kappa shape index (κ3) is 13.1. The summed E-state index contributed by atoms with van der Waals surface area (Å²) >= 11 is 0. The van der Waals surface area contributed by atoms with E-state index >= 15 is 0 Å². The first-order chi connectivity index (χ1) is 16.5. The van der Waals surface area contributed by atoms with E-state index in [-0.39, 0.29) is 46.3 Å². The van der Waals surface area contributed by atoms with Crippen LogP contribution in [0.3, 0.4) is 0 Å². The lowest BCUT2D eigenvalue weighted by molar-refractivity contribution is -0.158. The van der Waals surface area contributed by atoms with Crippen molar-refractivity contribution in [1.82, 2.24) is 0 Å². The fourth-order valence-electron chi connectivity index (χ4n) is 5.62. The summed E-state index contributed by atoms with van der Waals surface area (Å²) in [5, 5.41) is 0. The van der Waals surface area contributed by atoms with Crippen molar-refractivity contribution in [1.29, 1.82) is 0 Å². The topological polar surface area (TPSA) is 147 Å². The molecule has 0 aromatic heterocycles. The predicted octanol–water partition coefficient (Wildman–Crippen LogP) is 4.33. The van der Waals surface area contributed by atoms with Gasteiger partial charge < -0.3 is 25.9 Å². The Balaban J connectivity index is 0.00000432. The molecule has 0 spiro atoms. The maximum Gasteiger partial charge on any atom is 0.309 e. The minimum Gasteiger partial charge on any atom is -0.462 e. The molecular weight excluding hydrogens is 472 g/mol. The first kappa shape index (κ1) is 35.3. The van der Waals surface area contributed by atoms with E-state index in [4.69, 9.17) is 9.47 Å². The molecular formula is C30H52O7. The molecule has 0 saturated heterocycles. The molecule has 3 saturated carbocycles. The third-order valence-corrected chi connectivity index (χ3v) is 8.12. The number of hydrogen-bond donors (Lipinski definition) is 0. The second kappa shape index (κ2) is 19.4. The quantitative estimate of drug-likeness (QED) is 0.181. The molecule has 6 N–H and O–H groups in total. The Morgan fingerprint density at radius 1 is 0.757 bits per heavy atom. The molecule has 0 amide bonds. The Morgan fingerprint density at radius 3 is 1.86 bits per heavy atom. The van der Waals surface area contributed by atoms with E-state index in [2.05, 4.69) is 25.3 Å². The molecule has 0 aliphatic heterocycles. The first-order valence-corrected chi connectivity index (χ1v) is 14.0. The van der Waals surface area contributed by atoms with Gasteiger partial charge in [-0.2, -0.15) is 0 Å². The molecule has 214 valence electrons. The van der Waals surface area contributed by atoms with Gasteiger partial charge in [0.05, 0.1) is 12.0 Å². The maximum absolute atomic E-state index is 12.7. The van der Waals surface area contributed by atoms with Crippen molar-refractivity contribution < 1.29 is 35.5 Å². The van der Waals surface area contributed by atoms with Crippen molar-refractivity contribution in [3.05, 3.63) is 12.7 Å². The van der Waals surface area contributed by atoms with Crippen molar-refractivity contribution in [2.24, 2.45) is 23.7 Å². The zero-order valence-electron chi connectivity index (χ0n) is 22.9. The van der Waals surface area contributed by atoms with Gasteiger partial charge in [-0.1, -0.05) is 31.8 Å². The van der Waals surface area contributed by atoms with Crippen molar-refractivity contribution in [2.75, 3.05) is 6.61 Å². The zero-order chi connectivity index (χ0) is 24.2. The Labute approximate surface area is 224 Å². The highest BCUT2D eigenvalue weighted by Gasteiger charge is 2.30. The predicted molar refractivity (Wildman–Crippen MR) is 147 cm³/mol. The average Bonchev–Trinajstić information content (AvgIpc) is 2.86. The molecule has 3 rings (SSSR count). The molecule has 3 aliphatic carbocycles. The number of unbranched alkanes of at least 4 members (excludes halogenated alkanes) is 2. The van der Waals surface area contributed by atoms with Crippen LogP contribution in [-0.2, 0) is 19.1 Å². The van der Waals surface area contributed by atoms with Gasteiger partial charge >= 0.3 is 5.97 Å². The summed E-state index contributed by atoms with van der Waals surface area (Å²) in [6.45, 7) is 6.60. The van der Waals surface area contributed by atoms with Crippen LogP contribution in [-0.4, -0.2) is 47.0 Å². The van der Waals surface area contributed by atoms with E-state index in [1.165, 1.54) is 31.8 Å². The largest absolute Gasteiger partial charge is 0.462 e. The van der Waals surface area contributed by atoms with E-state index in [1.54, 1.807) is 0 Å². The summed E-state index contributed by atoms with van der Waals surface area (Å²) in [4.78, 5) is 23.9. The minimum atomic E-state index is 0. The summed E-state index contributed by atoms with van der Waals surface area (Å²) in [7, 11) is 0. The number of allylic oxidation sites excluding steroid dienone is 1. The van der Waals surface area contributed by atoms with Gasteiger partial charge in [-0.15, -0.1) is 0 Å². The number of hydrogen-bond acceptors (Lipinski definition) is 4. The number of ether oxygens (including phenoxy) is 2. The molecule has 37 heavy (non-hydrogen) atoms. The van der Waals surface area contributed by atoms with E-state index in [1.807, 2.05) is 0 Å². The van der Waals surface area contributed by atoms with Crippen molar-refractivity contribution >= 4 is 11.8 Å². The van der Waals surface area contributed by atoms with Gasteiger partial charge in [-0.25, -0.2) is 0 Å². The minimum absolute atomic E-state index is 0. The van der Waals surface area contributed by atoms with Gasteiger partial charge in [0.1, 0.15) is 6.10 Å². The smallest absolute Gasteiger partial charge is 0.309 e. The van der Waals surface area contributed by atoms with Gasteiger partial charge in [0.2, 0.25) is 0 Å². The summed E-state index contributed by atoms with van der Waals surface area (Å²) in [6.07, 6.45) is 18.1. The van der Waals surface area contributed by atoms with E-state index < -0.39 is 0 Å². The van der Waals surface area contributed by atoms with Crippen LogP contribution in [0.5, 0.6) is 0 Å². The Hall–Kier alpha value is -1.72. The van der Waals surface area contributed by atoms with Crippen LogP contribution in [0.1, 0.15) is 110 Å². The van der Waals surface area contributed by atoms with Gasteiger partial charge in [-0.3, -0.25) is 9.59 Å². The van der Waals surface area contributed by atoms with Crippen molar-refractivity contribution in [3.8, 4) is 11.8 Å². The van der Waals surface area contributed by atoms with Crippen LogP contribution >= 0.6 is 0 Å². The molecule has 0 radical (unpaired) electrons. The number of esters is 1. The van der Waals surface area contributed by atoms with Crippen LogP contribution in [0.2, 0.25) is 0 Å². The molecule has 3 fully saturated rings. The van der Waals surface area contributed by atoms with Gasteiger partial charge in [0.15, 0.2) is 5.78 Å². The van der Waals surface area contributed by atoms with E-state index in [9.17, 15) is 9.59 Å². The Kier molecular flexibility index (Phi) is 18.5. The molecule has 0 aromatic rings. The molecule has 0 atom stereocenters. The number of rotatable bonds is 10. The molecule has 0 bridgehead atoms. The van der Waals surface area contributed by atoms with Crippen LogP contribution in [0, 0.1) is 35.5 Å². The Bertz CT molecular complexity index is 701. The van der Waals surface area contributed by atoms with Crippen molar-refractivity contribution in [2.45, 2.75) is 122 Å². The lowest BCUT2D eigenvalue weighted by Gasteiger charge is -2.30. The lowest BCUT2D eigenvalue weighted by Crippen LogP contribution is -2.31. The second-order valence-corrected chi connectivity index (χ2v) is 11.0. The van der Waals surface area contributed by atoms with Gasteiger partial charge in [-0.05, 0) is 102 Å². The first-order valence-electron chi connectivity index (χ1n) is 14.0. The lowest BCUT2D eigenvalue weighted by atomic mass is 9.82. The van der Waals surface area contributed by atoms with Crippen LogP contribution in [0.15, 0.2) is 12.7 Å². The number of ketones is 1. The number of carbonyl (C=O) groups is 2. The monoisotopic (exact) mass is 524 g/mol. The highest BCUT2D eigenvalue weighted by atomic mass is 16.5. The fourth-order valence-corrected chi connectivity index (χ4v) is 5.62. The summed E-state index contributed by atoms with van der Waals surface area (Å²) < 4.78 is 11.9. The molecule has 0 heterocycles. The highest BCUT2D eigenvalue weighted by Crippen LogP contribution is 2.32. The molecule has 0 unspecified atom stereocenters. The zero-order valence-corrected chi connectivity index (χ0v) is 22.9. The SMILES string of the molecule is C=CC(=O)CCCCCOC1CCC(C(=O)OC2CCC(C#CC3CCC(C)CC3)CC2)CC1.O.O.O. The summed E-state index contributed by atoms with van der Waals surface area (Å²) in [5.74, 6) is 9.28. The average molecular weight is 525 g/mol. The summed E-state index contributed by atoms with van der Waals surface area (Å²) in [5.41, 5.74) is 0. The molecule has 7 heteroatoms. The van der Waals surface area contributed by atoms with Gasteiger partial charge in [0, 0.05) is 24.9 Å². The van der Waals surface area contributed by atoms with Crippen molar-refractivity contribution in [3.63, 3.8) is 0 Å².